The van der Waals surface area contributed by atoms with Crippen molar-refractivity contribution in [1.82, 2.24) is 4.90 Å². The van der Waals surface area contributed by atoms with Gasteiger partial charge < -0.3 is 0 Å². The lowest BCUT2D eigenvalue weighted by molar-refractivity contribution is 0.0860. The Morgan fingerprint density at radius 1 is 1.29 bits per heavy atom. The predicted molar refractivity (Wildman–Crippen MR) is 72.8 cm³/mol. The summed E-state index contributed by atoms with van der Waals surface area (Å²) in [7, 11) is 0. The van der Waals surface area contributed by atoms with E-state index in [4.69, 9.17) is 0 Å². The molecule has 0 aromatic heterocycles. The Morgan fingerprint density at radius 3 is 2.53 bits per heavy atom. The molecule has 3 nitrogen and oxygen atoms in total. The molecule has 0 spiro atoms. The van der Waals surface area contributed by atoms with Crippen LogP contribution in [0.3, 0.4) is 0 Å². The zero-order chi connectivity index (χ0) is 12.4. The van der Waals surface area contributed by atoms with Gasteiger partial charge in [-0.2, -0.15) is 0 Å². The molecule has 0 aliphatic carbocycles. The number of benzene rings is 1. The molecule has 0 bridgehead atoms. The summed E-state index contributed by atoms with van der Waals surface area (Å²) in [5.41, 5.74) is 3.00. The van der Waals surface area contributed by atoms with Crippen LogP contribution in [0, 0.1) is 13.8 Å². The number of carbonyl (C=O) groups is 1. The molecule has 0 saturated carbocycles. The van der Waals surface area contributed by atoms with Crippen molar-refractivity contribution in [3.05, 3.63) is 34.9 Å². The topological polar surface area (TPSA) is 32.7 Å². The quantitative estimate of drug-likeness (QED) is 0.765. The van der Waals surface area contributed by atoms with E-state index in [0.29, 0.717) is 13.1 Å². The number of amidine groups is 1. The number of carbonyl (C=O) groups excluding carboxylic acids is 1. The second-order valence-electron chi connectivity index (χ2n) is 4.20. The third kappa shape index (κ3) is 2.52. The number of hydrogen-bond donors (Lipinski definition) is 0. The van der Waals surface area contributed by atoms with Crippen LogP contribution in [0.5, 0.6) is 0 Å². The first-order valence-corrected chi connectivity index (χ1v) is 6.83. The maximum absolute atomic E-state index is 12.4. The van der Waals surface area contributed by atoms with Crippen molar-refractivity contribution in [1.29, 1.82) is 0 Å². The number of aryl methyl sites for hydroxylation is 2. The Balaban J connectivity index is 2.28. The van der Waals surface area contributed by atoms with E-state index in [1.807, 2.05) is 32.2 Å². The zero-order valence-electron chi connectivity index (χ0n) is 10.4. The third-order valence-electron chi connectivity index (χ3n) is 2.70. The minimum atomic E-state index is 0.0578. The van der Waals surface area contributed by atoms with Gasteiger partial charge in [-0.3, -0.25) is 14.7 Å². The second kappa shape index (κ2) is 4.92. The monoisotopic (exact) mass is 248 g/mol. The Morgan fingerprint density at radius 2 is 1.94 bits per heavy atom. The molecule has 1 aliphatic rings. The molecule has 0 unspecified atom stereocenters. The van der Waals surface area contributed by atoms with Crippen LogP contribution in [0.15, 0.2) is 23.2 Å². The van der Waals surface area contributed by atoms with Gasteiger partial charge in [-0.1, -0.05) is 29.0 Å². The molecule has 1 amide bonds. The van der Waals surface area contributed by atoms with Crippen molar-refractivity contribution in [2.75, 3.05) is 19.3 Å². The van der Waals surface area contributed by atoms with Crippen LogP contribution in [0.1, 0.15) is 21.5 Å². The molecule has 0 radical (unpaired) electrons. The predicted octanol–water partition coefficient (Wildman–Crippen LogP) is 2.48. The SMILES string of the molecule is CSC1=NCCN1C(=O)c1cc(C)cc(C)c1. The van der Waals surface area contributed by atoms with Crippen LogP contribution in [0.2, 0.25) is 0 Å². The second-order valence-corrected chi connectivity index (χ2v) is 4.97. The molecule has 0 N–H and O–H groups in total. The van der Waals surface area contributed by atoms with Gasteiger partial charge in [-0.25, -0.2) is 0 Å². The molecule has 4 heteroatoms. The summed E-state index contributed by atoms with van der Waals surface area (Å²) in [4.78, 5) is 18.4. The van der Waals surface area contributed by atoms with E-state index < -0.39 is 0 Å². The Labute approximate surface area is 106 Å². The maximum Gasteiger partial charge on any atom is 0.259 e. The first kappa shape index (κ1) is 12.2. The number of hydrogen-bond acceptors (Lipinski definition) is 3. The van der Waals surface area contributed by atoms with E-state index >= 15 is 0 Å². The number of aliphatic imine (C=N–C) groups is 1. The first-order chi connectivity index (χ1) is 8.11. The highest BCUT2D eigenvalue weighted by molar-refractivity contribution is 8.13. The van der Waals surface area contributed by atoms with Gasteiger partial charge in [0.05, 0.1) is 6.54 Å². The summed E-state index contributed by atoms with van der Waals surface area (Å²) >= 11 is 1.53. The lowest BCUT2D eigenvalue weighted by Gasteiger charge is -2.17. The zero-order valence-corrected chi connectivity index (χ0v) is 11.2. The minimum absolute atomic E-state index is 0.0578. The molecule has 2 rings (SSSR count). The van der Waals surface area contributed by atoms with E-state index in [1.165, 1.54) is 11.8 Å². The van der Waals surface area contributed by atoms with Crippen LogP contribution in [0.4, 0.5) is 0 Å². The van der Waals surface area contributed by atoms with Crippen LogP contribution in [0.25, 0.3) is 0 Å². The molecule has 90 valence electrons. The number of nitrogens with zero attached hydrogens (tertiary/aromatic N) is 2. The number of rotatable bonds is 1. The van der Waals surface area contributed by atoms with Gasteiger partial charge in [0.2, 0.25) is 0 Å². The van der Waals surface area contributed by atoms with Crippen LogP contribution >= 0.6 is 11.8 Å². The summed E-state index contributed by atoms with van der Waals surface area (Å²) in [5.74, 6) is 0.0578. The molecule has 1 aromatic carbocycles. The Bertz CT molecular complexity index is 462. The largest absolute Gasteiger partial charge is 0.286 e. The van der Waals surface area contributed by atoms with Crippen molar-refractivity contribution in [2.24, 2.45) is 4.99 Å². The van der Waals surface area contributed by atoms with E-state index in [9.17, 15) is 4.79 Å². The van der Waals surface area contributed by atoms with Gasteiger partial charge in [0, 0.05) is 12.1 Å². The van der Waals surface area contributed by atoms with Gasteiger partial charge >= 0.3 is 0 Å². The smallest absolute Gasteiger partial charge is 0.259 e. The van der Waals surface area contributed by atoms with Crippen molar-refractivity contribution >= 4 is 22.8 Å². The fourth-order valence-electron chi connectivity index (χ4n) is 2.04. The highest BCUT2D eigenvalue weighted by atomic mass is 32.2. The third-order valence-corrected chi connectivity index (χ3v) is 3.41. The van der Waals surface area contributed by atoms with Crippen molar-refractivity contribution in [3.8, 4) is 0 Å². The van der Waals surface area contributed by atoms with Crippen molar-refractivity contribution < 1.29 is 4.79 Å². The fraction of sp³-hybridized carbons (Fsp3) is 0.385. The number of amides is 1. The molecule has 0 fully saturated rings. The summed E-state index contributed by atoms with van der Waals surface area (Å²) < 4.78 is 0. The average molecular weight is 248 g/mol. The number of thioether (sulfide) groups is 1. The van der Waals surface area contributed by atoms with Crippen LogP contribution in [-0.2, 0) is 0 Å². The lowest BCUT2D eigenvalue weighted by Crippen LogP contribution is -2.32. The van der Waals surface area contributed by atoms with Crippen LogP contribution in [-0.4, -0.2) is 35.3 Å². The molecule has 1 heterocycles. The van der Waals surface area contributed by atoms with Gasteiger partial charge in [0.1, 0.15) is 0 Å². The highest BCUT2D eigenvalue weighted by Gasteiger charge is 2.24. The van der Waals surface area contributed by atoms with Gasteiger partial charge in [-0.15, -0.1) is 0 Å². The van der Waals surface area contributed by atoms with E-state index in [0.717, 1.165) is 21.9 Å². The van der Waals surface area contributed by atoms with E-state index in [2.05, 4.69) is 11.1 Å². The normalized spacial score (nSPS) is 15.0. The summed E-state index contributed by atoms with van der Waals surface area (Å²) in [6, 6.07) is 5.95. The molecule has 1 aromatic rings. The summed E-state index contributed by atoms with van der Waals surface area (Å²) in [6.07, 6.45) is 1.95. The van der Waals surface area contributed by atoms with Gasteiger partial charge in [0.15, 0.2) is 5.17 Å². The fourth-order valence-corrected chi connectivity index (χ4v) is 2.66. The highest BCUT2D eigenvalue weighted by Crippen LogP contribution is 2.17. The summed E-state index contributed by atoms with van der Waals surface area (Å²) in [5, 5.41) is 0.828. The molecule has 17 heavy (non-hydrogen) atoms. The first-order valence-electron chi connectivity index (χ1n) is 5.60. The van der Waals surface area contributed by atoms with E-state index in [-0.39, 0.29) is 5.91 Å². The molecule has 0 saturated heterocycles. The minimum Gasteiger partial charge on any atom is -0.286 e. The van der Waals surface area contributed by atoms with Crippen LogP contribution < -0.4 is 0 Å². The Hall–Kier alpha value is -1.29. The maximum atomic E-state index is 12.4. The molecule has 1 aliphatic heterocycles. The lowest BCUT2D eigenvalue weighted by atomic mass is 10.1. The van der Waals surface area contributed by atoms with E-state index in [1.54, 1.807) is 4.90 Å². The van der Waals surface area contributed by atoms with Gasteiger partial charge in [0.25, 0.3) is 5.91 Å². The van der Waals surface area contributed by atoms with Gasteiger partial charge in [-0.05, 0) is 32.2 Å². The molecule has 0 atom stereocenters. The standard InChI is InChI=1S/C13H16N2OS/c1-9-6-10(2)8-11(7-9)12(16)15-5-4-14-13(15)17-3/h6-8H,4-5H2,1-3H3. The molecular weight excluding hydrogens is 232 g/mol. The van der Waals surface area contributed by atoms with Crippen molar-refractivity contribution in [2.45, 2.75) is 13.8 Å². The summed E-state index contributed by atoms with van der Waals surface area (Å²) in [6.45, 7) is 5.43. The van der Waals surface area contributed by atoms with Crippen molar-refractivity contribution in [3.63, 3.8) is 0 Å². The Kier molecular flexibility index (Phi) is 3.52. The average Bonchev–Trinajstić information content (AvgIpc) is 2.74. The molecular formula is C13H16N2OS.